The van der Waals surface area contributed by atoms with E-state index in [2.05, 4.69) is 229 Å². The third-order valence-corrected chi connectivity index (χ3v) is 11.7. The van der Waals surface area contributed by atoms with Crippen LogP contribution in [0.1, 0.15) is 0 Å². The Morgan fingerprint density at radius 1 is 0.267 bits per heavy atom. The molecule has 2 heteroatoms. The Morgan fingerprint density at radius 2 is 0.783 bits per heavy atom. The predicted molar refractivity (Wildman–Crippen MR) is 253 cm³/mol. The highest BCUT2D eigenvalue weighted by atomic mass is 16.3. The van der Waals surface area contributed by atoms with Gasteiger partial charge in [-0.05, 0) is 122 Å². The van der Waals surface area contributed by atoms with Crippen LogP contribution in [-0.4, -0.2) is 0 Å². The molecule has 0 bridgehead atoms. The fraction of sp³-hybridized carbons (Fsp3) is 0. The van der Waals surface area contributed by atoms with Crippen LogP contribution < -0.4 is 4.90 Å². The van der Waals surface area contributed by atoms with E-state index >= 15 is 0 Å². The standard InChI is InChI=1S/C58H39NO/c1-2-14-43(15-3-1)51-19-6-7-20-52(51)53-21-8-10-23-56(53)59(50-34-29-42(30-35-50)48-31-36-55-54-22-9-11-24-57(54)60-58(55)39-48)49-32-27-41(28-33-49)45-17-12-18-46(37-45)47-26-25-40-13-4-5-16-44(40)38-47/h1-39H. The third-order valence-electron chi connectivity index (χ3n) is 11.7. The van der Waals surface area contributed by atoms with Crippen molar-refractivity contribution in [3.05, 3.63) is 237 Å². The lowest BCUT2D eigenvalue weighted by Crippen LogP contribution is -2.11. The molecule has 1 aromatic heterocycles. The van der Waals surface area contributed by atoms with E-state index in [1.807, 2.05) is 12.1 Å². The maximum Gasteiger partial charge on any atom is 0.136 e. The van der Waals surface area contributed by atoms with Crippen LogP contribution in [0.4, 0.5) is 17.1 Å². The highest BCUT2D eigenvalue weighted by molar-refractivity contribution is 6.06. The van der Waals surface area contributed by atoms with Crippen molar-refractivity contribution >= 4 is 49.8 Å². The second-order valence-corrected chi connectivity index (χ2v) is 15.3. The molecule has 0 saturated carbocycles. The molecule has 0 N–H and O–H groups in total. The van der Waals surface area contributed by atoms with Gasteiger partial charge in [-0.3, -0.25) is 0 Å². The van der Waals surface area contributed by atoms with Gasteiger partial charge in [0.2, 0.25) is 0 Å². The highest BCUT2D eigenvalue weighted by Gasteiger charge is 2.20. The monoisotopic (exact) mass is 765 g/mol. The molecule has 11 aromatic rings. The van der Waals surface area contributed by atoms with Crippen LogP contribution in [0.2, 0.25) is 0 Å². The Kier molecular flexibility index (Phi) is 8.87. The van der Waals surface area contributed by atoms with Crippen LogP contribution in [0.25, 0.3) is 88.3 Å². The smallest absolute Gasteiger partial charge is 0.136 e. The molecule has 282 valence electrons. The second kappa shape index (κ2) is 15.1. The van der Waals surface area contributed by atoms with Crippen molar-refractivity contribution in [2.75, 3.05) is 4.90 Å². The van der Waals surface area contributed by atoms with E-state index in [4.69, 9.17) is 4.42 Å². The number of fused-ring (bicyclic) bond motifs is 4. The fourth-order valence-electron chi connectivity index (χ4n) is 8.67. The van der Waals surface area contributed by atoms with Gasteiger partial charge in [0.05, 0.1) is 5.69 Å². The Bertz CT molecular complexity index is 3310. The maximum atomic E-state index is 6.27. The van der Waals surface area contributed by atoms with Gasteiger partial charge in [0.1, 0.15) is 11.2 Å². The Labute approximate surface area is 349 Å². The summed E-state index contributed by atoms with van der Waals surface area (Å²) < 4.78 is 6.27. The summed E-state index contributed by atoms with van der Waals surface area (Å²) in [7, 11) is 0. The van der Waals surface area contributed by atoms with Gasteiger partial charge in [0, 0.05) is 27.7 Å². The molecule has 1 heterocycles. The van der Waals surface area contributed by atoms with Crippen LogP contribution in [0.3, 0.4) is 0 Å². The van der Waals surface area contributed by atoms with E-state index in [0.29, 0.717) is 0 Å². The quantitative estimate of drug-likeness (QED) is 0.153. The summed E-state index contributed by atoms with van der Waals surface area (Å²) in [6.45, 7) is 0. The molecular weight excluding hydrogens is 727 g/mol. The van der Waals surface area contributed by atoms with Gasteiger partial charge in [-0.25, -0.2) is 0 Å². The number of rotatable bonds is 8. The van der Waals surface area contributed by atoms with Crippen molar-refractivity contribution in [3.8, 4) is 55.6 Å². The molecule has 0 aliphatic carbocycles. The first kappa shape index (κ1) is 35.2. The highest BCUT2D eigenvalue weighted by Crippen LogP contribution is 2.44. The lowest BCUT2D eigenvalue weighted by molar-refractivity contribution is 0.669. The number of benzene rings is 10. The first-order valence-electron chi connectivity index (χ1n) is 20.5. The predicted octanol–water partition coefficient (Wildman–Crippen LogP) is 16.5. The number of anilines is 3. The van der Waals surface area contributed by atoms with Gasteiger partial charge in [0.25, 0.3) is 0 Å². The minimum absolute atomic E-state index is 0.897. The van der Waals surface area contributed by atoms with E-state index in [0.717, 1.165) is 55.7 Å². The number of nitrogens with zero attached hydrogens (tertiary/aromatic N) is 1. The molecule has 0 saturated heterocycles. The molecule has 0 spiro atoms. The van der Waals surface area contributed by atoms with Crippen LogP contribution in [0, 0.1) is 0 Å². The zero-order valence-corrected chi connectivity index (χ0v) is 32.9. The maximum absolute atomic E-state index is 6.27. The molecule has 60 heavy (non-hydrogen) atoms. The normalized spacial score (nSPS) is 11.3. The van der Waals surface area contributed by atoms with Crippen molar-refractivity contribution in [2.24, 2.45) is 0 Å². The van der Waals surface area contributed by atoms with Crippen LogP contribution in [0.5, 0.6) is 0 Å². The lowest BCUT2D eigenvalue weighted by Gasteiger charge is -2.29. The number of para-hydroxylation sites is 2. The summed E-state index contributed by atoms with van der Waals surface area (Å²) in [6, 6.07) is 85.0. The van der Waals surface area contributed by atoms with E-state index < -0.39 is 0 Å². The van der Waals surface area contributed by atoms with Gasteiger partial charge >= 0.3 is 0 Å². The van der Waals surface area contributed by atoms with Crippen molar-refractivity contribution in [3.63, 3.8) is 0 Å². The van der Waals surface area contributed by atoms with Crippen molar-refractivity contribution in [2.45, 2.75) is 0 Å². The molecule has 11 rings (SSSR count). The van der Waals surface area contributed by atoms with E-state index in [1.54, 1.807) is 0 Å². The Morgan fingerprint density at radius 3 is 1.55 bits per heavy atom. The van der Waals surface area contributed by atoms with Crippen LogP contribution >= 0.6 is 0 Å². The molecule has 2 nitrogen and oxygen atoms in total. The Balaban J connectivity index is 1.00. The fourth-order valence-corrected chi connectivity index (χ4v) is 8.67. The molecular formula is C58H39NO. The van der Waals surface area contributed by atoms with Gasteiger partial charge in [0.15, 0.2) is 0 Å². The summed E-state index contributed by atoms with van der Waals surface area (Å²) in [4.78, 5) is 2.39. The number of furan rings is 1. The molecule has 10 aromatic carbocycles. The average Bonchev–Trinajstić information content (AvgIpc) is 3.70. The van der Waals surface area contributed by atoms with Crippen molar-refractivity contribution in [1.29, 1.82) is 0 Å². The zero-order chi connectivity index (χ0) is 39.8. The summed E-state index contributed by atoms with van der Waals surface area (Å²) in [5.41, 5.74) is 16.8. The average molecular weight is 766 g/mol. The molecule has 0 unspecified atom stereocenters. The van der Waals surface area contributed by atoms with E-state index in [1.165, 1.54) is 49.7 Å². The lowest BCUT2D eigenvalue weighted by atomic mass is 9.93. The molecule has 0 atom stereocenters. The van der Waals surface area contributed by atoms with Crippen molar-refractivity contribution < 1.29 is 4.42 Å². The van der Waals surface area contributed by atoms with Gasteiger partial charge < -0.3 is 9.32 Å². The van der Waals surface area contributed by atoms with Crippen molar-refractivity contribution in [1.82, 2.24) is 0 Å². The third kappa shape index (κ3) is 6.51. The first-order valence-corrected chi connectivity index (χ1v) is 20.5. The number of hydrogen-bond donors (Lipinski definition) is 0. The largest absolute Gasteiger partial charge is 0.456 e. The second-order valence-electron chi connectivity index (χ2n) is 15.3. The zero-order valence-electron chi connectivity index (χ0n) is 32.9. The molecule has 0 radical (unpaired) electrons. The summed E-state index contributed by atoms with van der Waals surface area (Å²) >= 11 is 0. The topological polar surface area (TPSA) is 16.4 Å². The molecule has 0 aliphatic heterocycles. The first-order chi connectivity index (χ1) is 29.7. The summed E-state index contributed by atoms with van der Waals surface area (Å²) in [5, 5.41) is 4.77. The van der Waals surface area contributed by atoms with Gasteiger partial charge in [-0.15, -0.1) is 0 Å². The van der Waals surface area contributed by atoms with Gasteiger partial charge in [-0.2, -0.15) is 0 Å². The minimum atomic E-state index is 0.897. The van der Waals surface area contributed by atoms with E-state index in [-0.39, 0.29) is 0 Å². The number of hydrogen-bond acceptors (Lipinski definition) is 2. The summed E-state index contributed by atoms with van der Waals surface area (Å²) in [6.07, 6.45) is 0. The molecule has 0 amide bonds. The summed E-state index contributed by atoms with van der Waals surface area (Å²) in [5.74, 6) is 0. The SMILES string of the molecule is c1ccc(-c2ccccc2-c2ccccc2N(c2ccc(-c3cccc(-c4ccc5ccccc5c4)c3)cc2)c2ccc(-c3ccc4c(c3)oc3ccccc34)cc2)cc1. The minimum Gasteiger partial charge on any atom is -0.456 e. The Hall–Kier alpha value is -7.94. The molecule has 0 aliphatic rings. The van der Waals surface area contributed by atoms with E-state index in [9.17, 15) is 0 Å². The van der Waals surface area contributed by atoms with Crippen LogP contribution in [-0.2, 0) is 0 Å². The molecule has 0 fully saturated rings. The van der Waals surface area contributed by atoms with Gasteiger partial charge in [-0.1, -0.05) is 176 Å². The van der Waals surface area contributed by atoms with Crippen LogP contribution in [0.15, 0.2) is 241 Å².